The van der Waals surface area contributed by atoms with Crippen molar-refractivity contribution in [2.45, 2.75) is 13.5 Å². The molecule has 88 valence electrons. The molecule has 2 aromatic heterocycles. The highest BCUT2D eigenvalue weighted by molar-refractivity contribution is 5.39. The lowest BCUT2D eigenvalue weighted by molar-refractivity contribution is -0.385. The van der Waals surface area contributed by atoms with Crippen LogP contribution in [0, 0.1) is 17.0 Å². The third-order valence-corrected chi connectivity index (χ3v) is 1.95. The van der Waals surface area contributed by atoms with Crippen LogP contribution in [-0.2, 0) is 6.54 Å². The minimum Gasteiger partial charge on any atom is -0.361 e. The standard InChI is InChI=1S/C9H9N5O3/c1-6-12-9(17-13-6)5-11-8-3-2-7(4-10-8)14(15)16/h2-4H,5H2,1H3,(H,10,11). The molecule has 0 aliphatic carbocycles. The van der Waals surface area contributed by atoms with Crippen molar-refractivity contribution in [2.24, 2.45) is 0 Å². The van der Waals surface area contributed by atoms with Crippen molar-refractivity contribution >= 4 is 11.5 Å². The fraction of sp³-hybridized carbons (Fsp3) is 0.222. The third kappa shape index (κ3) is 2.74. The Morgan fingerprint density at radius 2 is 2.35 bits per heavy atom. The first kappa shape index (κ1) is 11.0. The van der Waals surface area contributed by atoms with Crippen LogP contribution in [0.4, 0.5) is 11.5 Å². The van der Waals surface area contributed by atoms with Gasteiger partial charge < -0.3 is 9.84 Å². The number of hydrogen-bond donors (Lipinski definition) is 1. The largest absolute Gasteiger partial charge is 0.361 e. The number of aromatic nitrogens is 3. The first-order chi connectivity index (χ1) is 8.15. The molecule has 1 N–H and O–H groups in total. The topological polar surface area (TPSA) is 107 Å². The number of nitro groups is 1. The molecule has 0 atom stereocenters. The van der Waals surface area contributed by atoms with Crippen molar-refractivity contribution in [3.05, 3.63) is 40.2 Å². The molecule has 17 heavy (non-hydrogen) atoms. The van der Waals surface area contributed by atoms with E-state index in [0.29, 0.717) is 24.1 Å². The van der Waals surface area contributed by atoms with Crippen molar-refractivity contribution in [3.63, 3.8) is 0 Å². The number of nitrogens with zero attached hydrogens (tertiary/aromatic N) is 4. The Morgan fingerprint density at radius 1 is 1.53 bits per heavy atom. The van der Waals surface area contributed by atoms with E-state index in [1.165, 1.54) is 18.3 Å². The highest BCUT2D eigenvalue weighted by Crippen LogP contribution is 2.12. The minimum absolute atomic E-state index is 0.0517. The summed E-state index contributed by atoms with van der Waals surface area (Å²) in [6.45, 7) is 2.04. The molecule has 0 fully saturated rings. The Morgan fingerprint density at radius 3 is 2.88 bits per heavy atom. The maximum Gasteiger partial charge on any atom is 0.287 e. The van der Waals surface area contributed by atoms with E-state index in [2.05, 4.69) is 20.4 Å². The second kappa shape index (κ2) is 4.56. The summed E-state index contributed by atoms with van der Waals surface area (Å²) in [6.07, 6.45) is 1.18. The predicted octanol–water partition coefficient (Wildman–Crippen LogP) is 1.29. The van der Waals surface area contributed by atoms with E-state index in [0.717, 1.165) is 0 Å². The van der Waals surface area contributed by atoms with Crippen molar-refractivity contribution in [2.75, 3.05) is 5.32 Å². The van der Waals surface area contributed by atoms with Crippen LogP contribution in [-0.4, -0.2) is 20.0 Å². The number of aryl methyl sites for hydroxylation is 1. The maximum atomic E-state index is 10.4. The summed E-state index contributed by atoms with van der Waals surface area (Å²) in [4.78, 5) is 17.8. The van der Waals surface area contributed by atoms with Crippen molar-refractivity contribution in [1.29, 1.82) is 0 Å². The Kier molecular flexibility index (Phi) is 2.95. The van der Waals surface area contributed by atoms with Gasteiger partial charge in [0.15, 0.2) is 5.82 Å². The number of anilines is 1. The zero-order valence-corrected chi connectivity index (χ0v) is 8.95. The van der Waals surface area contributed by atoms with Gasteiger partial charge >= 0.3 is 0 Å². The minimum atomic E-state index is -0.502. The van der Waals surface area contributed by atoms with Crippen LogP contribution in [0.15, 0.2) is 22.9 Å². The Bertz CT molecular complexity index is 522. The van der Waals surface area contributed by atoms with E-state index in [-0.39, 0.29) is 5.69 Å². The second-order valence-electron chi connectivity index (χ2n) is 3.25. The van der Waals surface area contributed by atoms with Crippen LogP contribution in [0.5, 0.6) is 0 Å². The highest BCUT2D eigenvalue weighted by atomic mass is 16.6. The van der Waals surface area contributed by atoms with Gasteiger partial charge in [-0.05, 0) is 13.0 Å². The fourth-order valence-electron chi connectivity index (χ4n) is 1.18. The molecule has 0 aliphatic heterocycles. The van der Waals surface area contributed by atoms with E-state index in [4.69, 9.17) is 4.52 Å². The molecule has 0 saturated heterocycles. The molecular formula is C9H9N5O3. The monoisotopic (exact) mass is 235 g/mol. The van der Waals surface area contributed by atoms with Crippen molar-refractivity contribution in [1.82, 2.24) is 15.1 Å². The third-order valence-electron chi connectivity index (χ3n) is 1.95. The molecule has 0 bridgehead atoms. The number of nitrogens with one attached hydrogen (secondary N) is 1. The van der Waals surface area contributed by atoms with Gasteiger partial charge in [-0.15, -0.1) is 0 Å². The average molecular weight is 235 g/mol. The van der Waals surface area contributed by atoms with Crippen molar-refractivity contribution in [3.8, 4) is 0 Å². The van der Waals surface area contributed by atoms with E-state index in [1.54, 1.807) is 6.92 Å². The van der Waals surface area contributed by atoms with Gasteiger partial charge in [-0.1, -0.05) is 5.16 Å². The van der Waals surface area contributed by atoms with Crippen LogP contribution in [0.2, 0.25) is 0 Å². The van der Waals surface area contributed by atoms with E-state index >= 15 is 0 Å². The van der Waals surface area contributed by atoms with Gasteiger partial charge in [-0.25, -0.2) is 4.98 Å². The molecule has 2 aromatic rings. The van der Waals surface area contributed by atoms with E-state index in [9.17, 15) is 10.1 Å². The quantitative estimate of drug-likeness (QED) is 0.628. The summed E-state index contributed by atoms with van der Waals surface area (Å²) in [7, 11) is 0. The molecule has 0 spiro atoms. The first-order valence-electron chi connectivity index (χ1n) is 4.78. The van der Waals surface area contributed by atoms with Gasteiger partial charge in [0.25, 0.3) is 5.69 Å². The molecule has 0 radical (unpaired) electrons. The summed E-state index contributed by atoms with van der Waals surface area (Å²) < 4.78 is 4.89. The van der Waals surface area contributed by atoms with Crippen molar-refractivity contribution < 1.29 is 9.45 Å². The van der Waals surface area contributed by atoms with Gasteiger partial charge in [0.05, 0.1) is 11.5 Å². The Balaban J connectivity index is 1.97. The molecule has 0 amide bonds. The zero-order chi connectivity index (χ0) is 12.3. The summed E-state index contributed by atoms with van der Waals surface area (Å²) in [6, 6.07) is 2.88. The molecule has 0 aliphatic rings. The van der Waals surface area contributed by atoms with Gasteiger partial charge in [0.1, 0.15) is 12.0 Å². The lowest BCUT2D eigenvalue weighted by atomic mass is 10.4. The highest BCUT2D eigenvalue weighted by Gasteiger charge is 2.06. The normalized spacial score (nSPS) is 10.2. The number of hydrogen-bond acceptors (Lipinski definition) is 7. The van der Waals surface area contributed by atoms with Crippen LogP contribution < -0.4 is 5.32 Å². The molecule has 0 saturated carbocycles. The SMILES string of the molecule is Cc1noc(CNc2ccc([N+](=O)[O-])cn2)n1. The molecule has 8 nitrogen and oxygen atoms in total. The predicted molar refractivity (Wildman–Crippen MR) is 57.3 cm³/mol. The van der Waals surface area contributed by atoms with Crippen LogP contribution in [0.25, 0.3) is 0 Å². The van der Waals surface area contributed by atoms with Gasteiger partial charge in [-0.2, -0.15) is 4.98 Å². The fourth-order valence-corrected chi connectivity index (χ4v) is 1.18. The molecular weight excluding hydrogens is 226 g/mol. The molecule has 0 unspecified atom stereocenters. The summed E-state index contributed by atoms with van der Waals surface area (Å²) in [5, 5.41) is 16.9. The Labute approximate surface area is 95.8 Å². The zero-order valence-electron chi connectivity index (χ0n) is 8.95. The molecule has 8 heteroatoms. The van der Waals surface area contributed by atoms with Gasteiger partial charge in [0.2, 0.25) is 5.89 Å². The van der Waals surface area contributed by atoms with E-state index < -0.39 is 4.92 Å². The summed E-state index contributed by atoms with van der Waals surface area (Å²) in [5.74, 6) is 1.49. The molecule has 2 rings (SSSR count). The van der Waals surface area contributed by atoms with Crippen LogP contribution >= 0.6 is 0 Å². The number of pyridine rings is 1. The number of rotatable bonds is 4. The average Bonchev–Trinajstić information content (AvgIpc) is 2.73. The smallest absolute Gasteiger partial charge is 0.287 e. The summed E-state index contributed by atoms with van der Waals surface area (Å²) in [5.41, 5.74) is -0.0517. The lowest BCUT2D eigenvalue weighted by Gasteiger charge is -2.00. The first-order valence-corrected chi connectivity index (χ1v) is 4.78. The second-order valence-corrected chi connectivity index (χ2v) is 3.25. The lowest BCUT2D eigenvalue weighted by Crippen LogP contribution is -2.01. The Hall–Kier alpha value is -2.51. The maximum absolute atomic E-state index is 10.4. The summed E-state index contributed by atoms with van der Waals surface area (Å²) >= 11 is 0. The molecule has 2 heterocycles. The van der Waals surface area contributed by atoms with Gasteiger partial charge in [0, 0.05) is 6.07 Å². The van der Waals surface area contributed by atoms with Crippen LogP contribution in [0.3, 0.4) is 0 Å². The van der Waals surface area contributed by atoms with Crippen LogP contribution in [0.1, 0.15) is 11.7 Å². The van der Waals surface area contributed by atoms with Gasteiger partial charge in [-0.3, -0.25) is 10.1 Å². The molecule has 0 aromatic carbocycles. The van der Waals surface area contributed by atoms with E-state index in [1.807, 2.05) is 0 Å².